The molecule has 0 aliphatic heterocycles. The minimum atomic E-state index is -3.20. The molecule has 0 fully saturated rings. The molecule has 1 atom stereocenters. The summed E-state index contributed by atoms with van der Waals surface area (Å²) in [5.74, 6) is 0.323. The molecular weight excluding hydrogens is 266 g/mol. The summed E-state index contributed by atoms with van der Waals surface area (Å²) in [5.41, 5.74) is -0.576. The smallest absolute Gasteiger partial charge is 0.408 e. The summed E-state index contributed by atoms with van der Waals surface area (Å²) in [6, 6.07) is -0.357. The molecule has 0 rings (SSSR count). The maximum atomic E-state index is 11.7. The number of carbonyl (C=O) groups is 1. The van der Waals surface area contributed by atoms with Crippen LogP contribution in [-0.2, 0) is 14.6 Å². The van der Waals surface area contributed by atoms with Gasteiger partial charge in [0.1, 0.15) is 5.60 Å². The highest BCUT2D eigenvalue weighted by Gasteiger charge is 2.19. The fourth-order valence-corrected chi connectivity index (χ4v) is 1.87. The maximum absolute atomic E-state index is 11.7. The zero-order valence-electron chi connectivity index (χ0n) is 12.6. The molecule has 0 unspecified atom stereocenters. The van der Waals surface area contributed by atoms with Gasteiger partial charge >= 0.3 is 6.09 Å². The zero-order valence-corrected chi connectivity index (χ0v) is 13.4. The van der Waals surface area contributed by atoms with Crippen LogP contribution in [0.3, 0.4) is 0 Å². The van der Waals surface area contributed by atoms with Crippen LogP contribution < -0.4 is 5.32 Å². The van der Waals surface area contributed by atoms with Crippen molar-refractivity contribution in [2.75, 3.05) is 6.26 Å². The Morgan fingerprint density at radius 3 is 2.21 bits per heavy atom. The predicted octanol–water partition coefficient (Wildman–Crippen LogP) is 2.48. The monoisotopic (exact) mass is 291 g/mol. The summed E-state index contributed by atoms with van der Waals surface area (Å²) < 4.78 is 27.4. The quantitative estimate of drug-likeness (QED) is 0.844. The van der Waals surface area contributed by atoms with Gasteiger partial charge in [-0.25, -0.2) is 13.2 Å². The van der Waals surface area contributed by atoms with Gasteiger partial charge in [0.05, 0.1) is 6.04 Å². The Morgan fingerprint density at radius 1 is 1.32 bits per heavy atom. The van der Waals surface area contributed by atoms with E-state index in [1.807, 2.05) is 13.8 Å². The molecule has 5 nitrogen and oxygen atoms in total. The molecule has 112 valence electrons. The van der Waals surface area contributed by atoms with E-state index in [0.29, 0.717) is 12.3 Å². The van der Waals surface area contributed by atoms with Crippen molar-refractivity contribution in [3.8, 4) is 0 Å². The highest BCUT2D eigenvalue weighted by atomic mass is 32.2. The minimum Gasteiger partial charge on any atom is -0.444 e. The van der Waals surface area contributed by atoms with Gasteiger partial charge < -0.3 is 10.1 Å². The van der Waals surface area contributed by atoms with Crippen LogP contribution in [0.4, 0.5) is 4.79 Å². The molecule has 0 bridgehead atoms. The average Bonchev–Trinajstić information content (AvgIpc) is 2.08. The molecule has 0 aliphatic carbocycles. The molecule has 6 heteroatoms. The third-order valence-electron chi connectivity index (χ3n) is 1.99. The Hall–Kier alpha value is -1.04. The van der Waals surface area contributed by atoms with Gasteiger partial charge in [0.2, 0.25) is 0 Å². The lowest BCUT2D eigenvalue weighted by Gasteiger charge is -2.23. The Morgan fingerprint density at radius 2 is 1.84 bits per heavy atom. The van der Waals surface area contributed by atoms with E-state index in [1.54, 1.807) is 20.8 Å². The summed E-state index contributed by atoms with van der Waals surface area (Å²) in [6.45, 7) is 9.32. The molecule has 0 saturated carbocycles. The van der Waals surface area contributed by atoms with Crippen LogP contribution in [0.15, 0.2) is 11.5 Å². The molecule has 1 amide bonds. The van der Waals surface area contributed by atoms with Crippen LogP contribution >= 0.6 is 0 Å². The maximum Gasteiger partial charge on any atom is 0.408 e. The molecular formula is C13H25NO4S. The van der Waals surface area contributed by atoms with Crippen molar-refractivity contribution < 1.29 is 17.9 Å². The predicted molar refractivity (Wildman–Crippen MR) is 76.6 cm³/mol. The zero-order chi connectivity index (χ0) is 15.3. The Labute approximate surface area is 116 Å². The molecule has 0 saturated heterocycles. The Bertz CT molecular complexity index is 418. The topological polar surface area (TPSA) is 72.5 Å². The van der Waals surface area contributed by atoms with E-state index in [-0.39, 0.29) is 6.04 Å². The van der Waals surface area contributed by atoms with E-state index >= 15 is 0 Å². The second-order valence-corrected chi connectivity index (χ2v) is 7.97. The number of ether oxygens (including phenoxy) is 1. The first kappa shape index (κ1) is 18.0. The third-order valence-corrected chi connectivity index (χ3v) is 2.64. The molecule has 0 aromatic carbocycles. The number of rotatable bonds is 5. The van der Waals surface area contributed by atoms with Gasteiger partial charge in [-0.05, 0) is 33.1 Å². The van der Waals surface area contributed by atoms with Gasteiger partial charge in [0.25, 0.3) is 0 Å². The molecule has 0 aromatic rings. The first-order chi connectivity index (χ1) is 8.39. The highest BCUT2D eigenvalue weighted by molar-refractivity contribution is 7.93. The summed E-state index contributed by atoms with van der Waals surface area (Å²) >= 11 is 0. The minimum absolute atomic E-state index is 0.323. The van der Waals surface area contributed by atoms with E-state index in [0.717, 1.165) is 11.7 Å². The van der Waals surface area contributed by atoms with Gasteiger partial charge in [-0.2, -0.15) is 0 Å². The third kappa shape index (κ3) is 11.8. The van der Waals surface area contributed by atoms with Gasteiger partial charge in [-0.3, -0.25) is 0 Å². The van der Waals surface area contributed by atoms with Crippen molar-refractivity contribution in [3.05, 3.63) is 11.5 Å². The second-order valence-electron chi connectivity index (χ2n) is 6.04. The number of sulfone groups is 1. The first-order valence-corrected chi connectivity index (χ1v) is 8.22. The largest absolute Gasteiger partial charge is 0.444 e. The van der Waals surface area contributed by atoms with E-state index in [1.165, 1.54) is 6.08 Å². The van der Waals surface area contributed by atoms with E-state index in [2.05, 4.69) is 5.32 Å². The molecule has 0 radical (unpaired) electrons. The summed E-state index contributed by atoms with van der Waals surface area (Å²) in [7, 11) is -3.20. The van der Waals surface area contributed by atoms with Gasteiger partial charge in [-0.15, -0.1) is 0 Å². The lowest BCUT2D eigenvalue weighted by molar-refractivity contribution is 0.0510. The fraction of sp³-hybridized carbons (Fsp3) is 0.769. The van der Waals surface area contributed by atoms with Crippen LogP contribution in [0.2, 0.25) is 0 Å². The van der Waals surface area contributed by atoms with Gasteiger partial charge in [-0.1, -0.05) is 19.9 Å². The molecule has 0 spiro atoms. The van der Waals surface area contributed by atoms with Gasteiger partial charge in [0, 0.05) is 11.7 Å². The summed E-state index contributed by atoms with van der Waals surface area (Å²) in [6.07, 6.45) is 2.70. The van der Waals surface area contributed by atoms with E-state index < -0.39 is 21.5 Å². The Kier molecular flexibility index (Phi) is 6.55. The van der Waals surface area contributed by atoms with Gasteiger partial charge in [0.15, 0.2) is 9.84 Å². The van der Waals surface area contributed by atoms with Crippen LogP contribution in [-0.4, -0.2) is 32.4 Å². The highest BCUT2D eigenvalue weighted by Crippen LogP contribution is 2.10. The molecule has 0 heterocycles. The first-order valence-electron chi connectivity index (χ1n) is 6.27. The van der Waals surface area contributed by atoms with Crippen LogP contribution in [0.1, 0.15) is 41.0 Å². The normalized spacial score (nSPS) is 14.7. The van der Waals surface area contributed by atoms with Crippen molar-refractivity contribution >= 4 is 15.9 Å². The standard InChI is InChI=1S/C13H25NO4S/c1-10(2)9-11(7-8-19(6,16)17)14-12(15)18-13(3,4)5/h7-8,10-11H,9H2,1-6H3,(H,14,15)/b8-7+/t11-/m1/s1. The number of hydrogen-bond donors (Lipinski definition) is 1. The lowest BCUT2D eigenvalue weighted by atomic mass is 10.0. The van der Waals surface area contributed by atoms with Crippen LogP contribution in [0.25, 0.3) is 0 Å². The summed E-state index contributed by atoms with van der Waals surface area (Å²) in [4.78, 5) is 11.7. The molecule has 1 N–H and O–H groups in total. The molecule has 0 aromatic heterocycles. The SMILES string of the molecule is CC(C)C[C@@H](/C=C/S(C)(=O)=O)NC(=O)OC(C)(C)C. The number of nitrogens with one attached hydrogen (secondary N) is 1. The van der Waals surface area contributed by atoms with Crippen LogP contribution in [0, 0.1) is 5.92 Å². The molecule has 19 heavy (non-hydrogen) atoms. The number of carbonyl (C=O) groups excluding carboxylic acids is 1. The average molecular weight is 291 g/mol. The Balaban J connectivity index is 4.69. The number of hydrogen-bond acceptors (Lipinski definition) is 4. The van der Waals surface area contributed by atoms with Crippen LogP contribution in [0.5, 0.6) is 0 Å². The van der Waals surface area contributed by atoms with Crippen molar-refractivity contribution in [3.63, 3.8) is 0 Å². The summed E-state index contributed by atoms with van der Waals surface area (Å²) in [5, 5.41) is 3.77. The second kappa shape index (κ2) is 6.93. The number of amides is 1. The van der Waals surface area contributed by atoms with E-state index in [4.69, 9.17) is 4.74 Å². The van der Waals surface area contributed by atoms with Crippen molar-refractivity contribution in [1.29, 1.82) is 0 Å². The van der Waals surface area contributed by atoms with E-state index in [9.17, 15) is 13.2 Å². The fourth-order valence-electron chi connectivity index (χ4n) is 1.39. The van der Waals surface area contributed by atoms with Crippen molar-refractivity contribution in [2.45, 2.75) is 52.7 Å². The number of alkyl carbamates (subject to hydrolysis) is 1. The lowest BCUT2D eigenvalue weighted by Crippen LogP contribution is -2.38. The molecule has 0 aliphatic rings. The van der Waals surface area contributed by atoms with Crippen molar-refractivity contribution in [1.82, 2.24) is 5.32 Å². The van der Waals surface area contributed by atoms with Crippen molar-refractivity contribution in [2.24, 2.45) is 5.92 Å².